The molecule has 3 heteroatoms. The van der Waals surface area contributed by atoms with Crippen LogP contribution in [0.3, 0.4) is 0 Å². The first-order valence-electron chi connectivity index (χ1n) is 5.89. The zero-order chi connectivity index (χ0) is 11.3. The monoisotopic (exact) mass is 255 g/mol. The minimum absolute atomic E-state index is 0.0973. The molecule has 0 saturated heterocycles. The van der Waals surface area contributed by atoms with Crippen LogP contribution in [0.1, 0.15) is 30.9 Å². The van der Waals surface area contributed by atoms with Crippen molar-refractivity contribution in [3.05, 3.63) is 33.8 Å². The predicted octanol–water partition coefficient (Wildman–Crippen LogP) is 4.04. The average Bonchev–Trinajstić information content (AvgIpc) is 2.71. The number of halogens is 2. The van der Waals surface area contributed by atoms with E-state index in [1.165, 1.54) is 19.3 Å². The molecule has 86 valence electrons. The molecule has 0 amide bonds. The fraction of sp³-hybridized carbons (Fsp3) is 0.538. The lowest BCUT2D eigenvalue weighted by molar-refractivity contribution is 0.502. The molecule has 2 aliphatic rings. The van der Waals surface area contributed by atoms with E-state index in [-0.39, 0.29) is 6.04 Å². The zero-order valence-electron chi connectivity index (χ0n) is 9.00. The molecule has 1 nitrogen and oxygen atoms in total. The molecule has 2 aliphatic carbocycles. The van der Waals surface area contributed by atoms with Crippen molar-refractivity contribution in [1.29, 1.82) is 0 Å². The molecule has 0 heterocycles. The molecule has 2 N–H and O–H groups in total. The predicted molar refractivity (Wildman–Crippen MR) is 67.7 cm³/mol. The van der Waals surface area contributed by atoms with Crippen LogP contribution in [0.4, 0.5) is 0 Å². The van der Waals surface area contributed by atoms with E-state index in [4.69, 9.17) is 28.9 Å². The van der Waals surface area contributed by atoms with Crippen LogP contribution < -0.4 is 5.73 Å². The molecule has 2 saturated carbocycles. The summed E-state index contributed by atoms with van der Waals surface area (Å²) in [5.74, 6) is 2.39. The van der Waals surface area contributed by atoms with E-state index in [1.54, 1.807) is 6.07 Å². The summed E-state index contributed by atoms with van der Waals surface area (Å²) in [6.45, 7) is 0. The summed E-state index contributed by atoms with van der Waals surface area (Å²) in [4.78, 5) is 0. The van der Waals surface area contributed by atoms with E-state index in [2.05, 4.69) is 0 Å². The van der Waals surface area contributed by atoms with Gasteiger partial charge in [0.1, 0.15) is 0 Å². The van der Waals surface area contributed by atoms with Gasteiger partial charge < -0.3 is 5.73 Å². The summed E-state index contributed by atoms with van der Waals surface area (Å²) in [6.07, 6.45) is 4.09. The number of rotatable bonds is 2. The van der Waals surface area contributed by atoms with Crippen LogP contribution in [0.15, 0.2) is 18.2 Å². The summed E-state index contributed by atoms with van der Waals surface area (Å²) in [7, 11) is 0. The maximum absolute atomic E-state index is 6.31. The molecule has 3 rings (SSSR count). The van der Waals surface area contributed by atoms with Crippen LogP contribution >= 0.6 is 23.2 Å². The normalized spacial score (nSPS) is 33.6. The van der Waals surface area contributed by atoms with E-state index in [1.807, 2.05) is 12.1 Å². The molecule has 0 aromatic heterocycles. The first-order valence-corrected chi connectivity index (χ1v) is 6.64. The second kappa shape index (κ2) is 3.90. The second-order valence-electron chi connectivity index (χ2n) is 5.03. The lowest BCUT2D eigenvalue weighted by Gasteiger charge is -2.15. The van der Waals surface area contributed by atoms with Crippen molar-refractivity contribution < 1.29 is 0 Å². The van der Waals surface area contributed by atoms with Gasteiger partial charge in [0.25, 0.3) is 0 Å². The van der Waals surface area contributed by atoms with Gasteiger partial charge in [-0.05, 0) is 48.3 Å². The topological polar surface area (TPSA) is 26.0 Å². The van der Waals surface area contributed by atoms with E-state index in [9.17, 15) is 0 Å². The van der Waals surface area contributed by atoms with Crippen LogP contribution in [0, 0.1) is 17.8 Å². The Kier molecular flexibility index (Phi) is 2.66. The van der Waals surface area contributed by atoms with Gasteiger partial charge >= 0.3 is 0 Å². The van der Waals surface area contributed by atoms with Crippen LogP contribution in [0.5, 0.6) is 0 Å². The van der Waals surface area contributed by atoms with E-state index < -0.39 is 0 Å². The Morgan fingerprint density at radius 3 is 2.50 bits per heavy atom. The Morgan fingerprint density at radius 1 is 1.19 bits per heavy atom. The molecular weight excluding hydrogens is 241 g/mol. The Hall–Kier alpha value is -0.240. The van der Waals surface area contributed by atoms with Crippen molar-refractivity contribution in [2.24, 2.45) is 23.5 Å². The minimum Gasteiger partial charge on any atom is -0.324 e. The van der Waals surface area contributed by atoms with Crippen LogP contribution in [0.25, 0.3) is 0 Å². The SMILES string of the molecule is NC(c1ccc(Cl)cc1Cl)C1C2CCCC21. The van der Waals surface area contributed by atoms with Crippen LogP contribution in [-0.4, -0.2) is 0 Å². The number of nitrogens with two attached hydrogens (primary N) is 1. The Morgan fingerprint density at radius 2 is 1.88 bits per heavy atom. The number of benzene rings is 1. The van der Waals surface area contributed by atoms with Crippen molar-refractivity contribution in [1.82, 2.24) is 0 Å². The van der Waals surface area contributed by atoms with Gasteiger partial charge in [0, 0.05) is 16.1 Å². The summed E-state index contributed by atoms with van der Waals surface area (Å²) in [6, 6.07) is 5.74. The van der Waals surface area contributed by atoms with Gasteiger partial charge in [0.2, 0.25) is 0 Å². The third-order valence-corrected chi connectivity index (χ3v) is 4.77. The molecular formula is C13H15Cl2N. The minimum atomic E-state index is 0.0973. The highest BCUT2D eigenvalue weighted by atomic mass is 35.5. The summed E-state index contributed by atoms with van der Waals surface area (Å²) in [5.41, 5.74) is 7.37. The highest BCUT2D eigenvalue weighted by Crippen LogP contribution is 2.61. The molecule has 1 aromatic rings. The average molecular weight is 256 g/mol. The summed E-state index contributed by atoms with van der Waals surface area (Å²) in [5, 5.41) is 1.39. The molecule has 16 heavy (non-hydrogen) atoms. The highest BCUT2D eigenvalue weighted by molar-refractivity contribution is 6.35. The molecule has 0 aliphatic heterocycles. The van der Waals surface area contributed by atoms with Crippen molar-refractivity contribution in [2.45, 2.75) is 25.3 Å². The zero-order valence-corrected chi connectivity index (χ0v) is 10.5. The second-order valence-corrected chi connectivity index (χ2v) is 5.87. The van der Waals surface area contributed by atoms with E-state index in [0.717, 1.165) is 17.4 Å². The number of fused-ring (bicyclic) bond motifs is 1. The third-order valence-electron chi connectivity index (χ3n) is 4.21. The smallest absolute Gasteiger partial charge is 0.0468 e. The quantitative estimate of drug-likeness (QED) is 0.849. The van der Waals surface area contributed by atoms with Gasteiger partial charge in [0.15, 0.2) is 0 Å². The molecule has 0 radical (unpaired) electrons. The van der Waals surface area contributed by atoms with Crippen LogP contribution in [0.2, 0.25) is 10.0 Å². The van der Waals surface area contributed by atoms with Gasteiger partial charge in [-0.1, -0.05) is 35.7 Å². The Balaban J connectivity index is 1.82. The summed E-state index contributed by atoms with van der Waals surface area (Å²) >= 11 is 12.1. The Labute approximate surface area is 106 Å². The number of hydrogen-bond donors (Lipinski definition) is 1. The van der Waals surface area contributed by atoms with Crippen molar-refractivity contribution in [3.8, 4) is 0 Å². The van der Waals surface area contributed by atoms with E-state index in [0.29, 0.717) is 16.0 Å². The fourth-order valence-corrected chi connectivity index (χ4v) is 3.92. The first-order chi connectivity index (χ1) is 7.68. The van der Waals surface area contributed by atoms with Crippen molar-refractivity contribution >= 4 is 23.2 Å². The van der Waals surface area contributed by atoms with Crippen LogP contribution in [-0.2, 0) is 0 Å². The molecule has 0 bridgehead atoms. The lowest BCUT2D eigenvalue weighted by atomic mass is 9.98. The highest BCUT2D eigenvalue weighted by Gasteiger charge is 2.55. The maximum Gasteiger partial charge on any atom is 0.0468 e. The van der Waals surface area contributed by atoms with Crippen molar-refractivity contribution in [2.75, 3.05) is 0 Å². The lowest BCUT2D eigenvalue weighted by Crippen LogP contribution is -2.15. The first kappa shape index (κ1) is 10.9. The fourth-order valence-electron chi connectivity index (χ4n) is 3.39. The Bertz CT molecular complexity index is 408. The van der Waals surface area contributed by atoms with E-state index >= 15 is 0 Å². The molecule has 3 atom stereocenters. The van der Waals surface area contributed by atoms with Gasteiger partial charge in [-0.2, -0.15) is 0 Å². The molecule has 2 fully saturated rings. The standard InChI is InChI=1S/C13H15Cl2N/c14-7-4-5-10(11(15)6-7)13(16)12-8-2-1-3-9(8)12/h4-6,8-9,12-13H,1-3,16H2. The van der Waals surface area contributed by atoms with Gasteiger partial charge in [-0.15, -0.1) is 0 Å². The molecule has 1 aromatic carbocycles. The van der Waals surface area contributed by atoms with Gasteiger partial charge in [-0.3, -0.25) is 0 Å². The summed E-state index contributed by atoms with van der Waals surface area (Å²) < 4.78 is 0. The maximum atomic E-state index is 6.31. The molecule has 0 spiro atoms. The molecule has 3 unspecified atom stereocenters. The largest absolute Gasteiger partial charge is 0.324 e. The van der Waals surface area contributed by atoms with Crippen molar-refractivity contribution in [3.63, 3.8) is 0 Å². The van der Waals surface area contributed by atoms with Gasteiger partial charge in [0.05, 0.1) is 0 Å². The van der Waals surface area contributed by atoms with Gasteiger partial charge in [-0.25, -0.2) is 0 Å². The number of hydrogen-bond acceptors (Lipinski definition) is 1. The third kappa shape index (κ3) is 1.66.